The van der Waals surface area contributed by atoms with E-state index >= 15 is 0 Å². The Kier molecular flexibility index (Phi) is 5.63. The van der Waals surface area contributed by atoms with E-state index in [2.05, 4.69) is 35.6 Å². The van der Waals surface area contributed by atoms with Gasteiger partial charge in [-0.3, -0.25) is 10.2 Å². The molecule has 0 fully saturated rings. The number of methoxy groups -OCH3 is 1. The number of ether oxygens (including phenoxy) is 1. The molecule has 1 aliphatic rings. The maximum atomic E-state index is 12.7. The van der Waals surface area contributed by atoms with E-state index in [9.17, 15) is 4.79 Å². The second-order valence-corrected chi connectivity index (χ2v) is 7.59. The van der Waals surface area contributed by atoms with Gasteiger partial charge in [-0.05, 0) is 46.4 Å². The van der Waals surface area contributed by atoms with Crippen LogP contribution in [0.1, 0.15) is 49.7 Å². The highest BCUT2D eigenvalue weighted by Crippen LogP contribution is 2.37. The van der Waals surface area contributed by atoms with Crippen molar-refractivity contribution >= 4 is 11.7 Å². The number of hydrogen-bond acceptors (Lipinski definition) is 3. The van der Waals surface area contributed by atoms with Crippen molar-refractivity contribution < 1.29 is 9.53 Å². The van der Waals surface area contributed by atoms with Gasteiger partial charge in [-0.15, -0.1) is 0 Å². The number of benzene rings is 3. The number of nitrogens with two attached hydrogens (primary N) is 1. The summed E-state index contributed by atoms with van der Waals surface area (Å²) in [6, 6.07) is 21.7. The molecule has 30 heavy (non-hydrogen) atoms. The molecule has 4 rings (SSSR count). The van der Waals surface area contributed by atoms with E-state index in [-0.39, 0.29) is 17.7 Å². The lowest BCUT2D eigenvalue weighted by Gasteiger charge is -2.28. The van der Waals surface area contributed by atoms with Gasteiger partial charge >= 0.3 is 0 Å². The van der Waals surface area contributed by atoms with Gasteiger partial charge in [0, 0.05) is 30.7 Å². The molecule has 1 amide bonds. The van der Waals surface area contributed by atoms with Gasteiger partial charge in [0.25, 0.3) is 5.91 Å². The Hall–Kier alpha value is -3.44. The van der Waals surface area contributed by atoms with Crippen LogP contribution < -0.4 is 11.1 Å². The molecule has 5 nitrogen and oxygen atoms in total. The molecule has 0 spiro atoms. The Morgan fingerprint density at radius 2 is 1.73 bits per heavy atom. The first kappa shape index (κ1) is 19.9. The second-order valence-electron chi connectivity index (χ2n) is 7.59. The maximum Gasteiger partial charge on any atom is 0.251 e. The van der Waals surface area contributed by atoms with Crippen molar-refractivity contribution in [3.63, 3.8) is 0 Å². The topological polar surface area (TPSA) is 88.2 Å². The molecule has 0 saturated heterocycles. The highest BCUT2D eigenvalue weighted by atomic mass is 16.5. The fourth-order valence-corrected chi connectivity index (χ4v) is 4.08. The van der Waals surface area contributed by atoms with Gasteiger partial charge in [0.1, 0.15) is 5.84 Å². The van der Waals surface area contributed by atoms with Crippen molar-refractivity contribution in [1.82, 2.24) is 5.32 Å². The van der Waals surface area contributed by atoms with Crippen LogP contribution in [0.2, 0.25) is 0 Å². The zero-order valence-electron chi connectivity index (χ0n) is 16.9. The average Bonchev–Trinajstić information content (AvgIpc) is 2.77. The lowest BCUT2D eigenvalue weighted by Crippen LogP contribution is -2.24. The third-order valence-electron chi connectivity index (χ3n) is 5.64. The van der Waals surface area contributed by atoms with Gasteiger partial charge in [0.05, 0.1) is 6.61 Å². The number of hydrogen-bond donors (Lipinski definition) is 3. The van der Waals surface area contributed by atoms with Crippen molar-refractivity contribution in [2.24, 2.45) is 5.73 Å². The highest BCUT2D eigenvalue weighted by Gasteiger charge is 2.26. The van der Waals surface area contributed by atoms with Gasteiger partial charge in [0.2, 0.25) is 0 Å². The summed E-state index contributed by atoms with van der Waals surface area (Å²) < 4.78 is 5.48. The molecule has 1 atom stereocenters. The van der Waals surface area contributed by atoms with Crippen LogP contribution in [0, 0.1) is 5.41 Å². The van der Waals surface area contributed by atoms with Crippen LogP contribution >= 0.6 is 0 Å². The number of rotatable bonds is 6. The normalized spacial score (nSPS) is 14.5. The number of carbonyl (C=O) groups is 1. The number of nitrogens with one attached hydrogen (secondary N) is 2. The van der Waals surface area contributed by atoms with Crippen LogP contribution in [-0.4, -0.2) is 25.5 Å². The minimum atomic E-state index is -0.101. The highest BCUT2D eigenvalue weighted by molar-refractivity contribution is 5.95. The van der Waals surface area contributed by atoms with Crippen molar-refractivity contribution in [2.75, 3.05) is 13.7 Å². The molecule has 152 valence electrons. The zero-order valence-corrected chi connectivity index (χ0v) is 16.9. The van der Waals surface area contributed by atoms with Gasteiger partial charge in [0.15, 0.2) is 0 Å². The number of carbonyl (C=O) groups excluding carboxylic acids is 1. The molecular weight excluding hydrogens is 374 g/mol. The Balaban J connectivity index is 1.51. The molecular formula is C25H25N3O2. The van der Waals surface area contributed by atoms with E-state index in [0.29, 0.717) is 24.3 Å². The van der Waals surface area contributed by atoms with Gasteiger partial charge in [-0.1, -0.05) is 54.6 Å². The van der Waals surface area contributed by atoms with E-state index in [0.717, 1.165) is 12.0 Å². The predicted octanol–water partition coefficient (Wildman–Crippen LogP) is 3.58. The molecule has 3 aromatic rings. The Morgan fingerprint density at radius 3 is 2.47 bits per heavy atom. The molecule has 4 N–H and O–H groups in total. The molecule has 0 bridgehead atoms. The summed E-state index contributed by atoms with van der Waals surface area (Å²) in [5.41, 5.74) is 12.8. The molecule has 0 aromatic heterocycles. The van der Waals surface area contributed by atoms with Crippen molar-refractivity contribution in [3.05, 3.63) is 106 Å². The minimum absolute atomic E-state index is 0.0352. The molecule has 0 heterocycles. The Bertz CT molecular complexity index is 1090. The molecule has 0 saturated carbocycles. The Morgan fingerprint density at radius 1 is 1.03 bits per heavy atom. The molecule has 0 unspecified atom stereocenters. The van der Waals surface area contributed by atoms with Crippen LogP contribution in [-0.2, 0) is 17.7 Å². The SMILES string of the molecule is COC[C@H]1c2ccccc2Cc2cc(C(=O)NCc3ccc(C(=N)N)cc3)ccc21. The molecule has 3 aromatic carbocycles. The fourth-order valence-electron chi connectivity index (χ4n) is 4.08. The summed E-state index contributed by atoms with van der Waals surface area (Å²) in [6.45, 7) is 1.04. The first-order valence-corrected chi connectivity index (χ1v) is 9.98. The van der Waals surface area contributed by atoms with E-state index in [1.165, 1.54) is 22.3 Å². The average molecular weight is 399 g/mol. The summed E-state index contributed by atoms with van der Waals surface area (Å²) in [6.07, 6.45) is 0.819. The zero-order chi connectivity index (χ0) is 21.1. The lowest BCUT2D eigenvalue weighted by molar-refractivity contribution is 0.0951. The molecule has 1 aliphatic carbocycles. The van der Waals surface area contributed by atoms with Gasteiger partial charge < -0.3 is 15.8 Å². The van der Waals surface area contributed by atoms with Crippen LogP contribution in [0.3, 0.4) is 0 Å². The van der Waals surface area contributed by atoms with Gasteiger partial charge in [-0.2, -0.15) is 0 Å². The maximum absolute atomic E-state index is 12.7. The van der Waals surface area contributed by atoms with Crippen LogP contribution in [0.25, 0.3) is 0 Å². The van der Waals surface area contributed by atoms with E-state index < -0.39 is 0 Å². The van der Waals surface area contributed by atoms with E-state index in [4.69, 9.17) is 15.9 Å². The number of amides is 1. The summed E-state index contributed by atoms with van der Waals surface area (Å²) in [4.78, 5) is 12.7. The minimum Gasteiger partial charge on any atom is -0.384 e. The quantitative estimate of drug-likeness (QED) is 0.437. The summed E-state index contributed by atoms with van der Waals surface area (Å²) in [7, 11) is 1.72. The Labute approximate surface area is 176 Å². The van der Waals surface area contributed by atoms with Crippen LogP contribution in [0.15, 0.2) is 66.7 Å². The second kappa shape index (κ2) is 8.51. The first-order chi connectivity index (χ1) is 14.6. The van der Waals surface area contributed by atoms with Crippen molar-refractivity contribution in [1.29, 1.82) is 5.41 Å². The largest absolute Gasteiger partial charge is 0.384 e. The summed E-state index contributed by atoms with van der Waals surface area (Å²) in [5.74, 6) is 0.121. The van der Waals surface area contributed by atoms with E-state index in [1.54, 1.807) is 19.2 Å². The number of nitrogen functional groups attached to an aromatic ring is 1. The van der Waals surface area contributed by atoms with E-state index in [1.807, 2.05) is 24.3 Å². The third kappa shape index (κ3) is 3.98. The first-order valence-electron chi connectivity index (χ1n) is 9.98. The van der Waals surface area contributed by atoms with Gasteiger partial charge in [-0.25, -0.2) is 0 Å². The monoisotopic (exact) mass is 399 g/mol. The fraction of sp³-hybridized carbons (Fsp3) is 0.200. The molecule has 5 heteroatoms. The number of amidine groups is 1. The van der Waals surface area contributed by atoms with Crippen LogP contribution in [0.5, 0.6) is 0 Å². The third-order valence-corrected chi connectivity index (χ3v) is 5.64. The summed E-state index contributed by atoms with van der Waals surface area (Å²) in [5, 5.41) is 10.4. The lowest BCUT2D eigenvalue weighted by atomic mass is 9.78. The van der Waals surface area contributed by atoms with Crippen LogP contribution in [0.4, 0.5) is 0 Å². The van der Waals surface area contributed by atoms with Crippen molar-refractivity contribution in [2.45, 2.75) is 18.9 Å². The number of fused-ring (bicyclic) bond motifs is 2. The molecule has 0 aliphatic heterocycles. The smallest absolute Gasteiger partial charge is 0.251 e. The summed E-state index contributed by atoms with van der Waals surface area (Å²) >= 11 is 0. The van der Waals surface area contributed by atoms with Crippen molar-refractivity contribution in [3.8, 4) is 0 Å². The molecule has 0 radical (unpaired) electrons. The standard InChI is InChI=1S/C25H25N3O2/c1-30-15-23-21-5-3-2-4-18(21)12-20-13-19(10-11-22(20)23)25(29)28-14-16-6-8-17(9-7-16)24(26)27/h2-11,13,23H,12,14-15H2,1H3,(H3,26,27)(H,28,29)/t23-/m0/s1. The predicted molar refractivity (Wildman–Crippen MR) is 118 cm³/mol.